The summed E-state index contributed by atoms with van der Waals surface area (Å²) >= 11 is 6.35. The lowest BCUT2D eigenvalue weighted by Gasteiger charge is -2.32. The standard InChI is InChI=1S/C22H17ClN8O2/c1-12-4-2-6-15(26-12)20-27-28-21(33-20)22(32)30-9-7-14-18(25-11-24-14)19(30)16-10-17-13(23)5-3-8-31(17)29-16/h2-6,8,10-11,19H,7,9H2,1H3,(H,24,25)/t19-/m0/s1. The highest BCUT2D eigenvalue weighted by molar-refractivity contribution is 6.33. The Balaban J connectivity index is 1.40. The summed E-state index contributed by atoms with van der Waals surface area (Å²) in [5, 5.41) is 13.3. The van der Waals surface area contributed by atoms with Crippen molar-refractivity contribution >= 4 is 23.0 Å². The van der Waals surface area contributed by atoms with Gasteiger partial charge in [-0.05, 0) is 37.3 Å². The van der Waals surface area contributed by atoms with E-state index in [9.17, 15) is 4.79 Å². The van der Waals surface area contributed by atoms with E-state index in [1.54, 1.807) is 27.9 Å². The van der Waals surface area contributed by atoms with Crippen LogP contribution in [-0.2, 0) is 6.42 Å². The zero-order chi connectivity index (χ0) is 22.5. The zero-order valence-electron chi connectivity index (χ0n) is 17.4. The van der Waals surface area contributed by atoms with Gasteiger partial charge in [0.2, 0.25) is 0 Å². The van der Waals surface area contributed by atoms with Gasteiger partial charge in [-0.1, -0.05) is 17.7 Å². The molecule has 0 spiro atoms. The number of hydrogen-bond donors (Lipinski definition) is 1. The van der Waals surface area contributed by atoms with Crippen LogP contribution in [0.15, 0.2) is 53.3 Å². The molecule has 33 heavy (non-hydrogen) atoms. The predicted octanol–water partition coefficient (Wildman–Crippen LogP) is 3.25. The third-order valence-electron chi connectivity index (χ3n) is 5.65. The number of fused-ring (bicyclic) bond motifs is 2. The number of amides is 1. The first-order valence-electron chi connectivity index (χ1n) is 10.3. The fourth-order valence-electron chi connectivity index (χ4n) is 4.13. The minimum atomic E-state index is -0.532. The number of aromatic amines is 1. The second-order valence-electron chi connectivity index (χ2n) is 7.75. The van der Waals surface area contributed by atoms with Gasteiger partial charge in [-0.25, -0.2) is 14.5 Å². The summed E-state index contributed by atoms with van der Waals surface area (Å²) in [7, 11) is 0. The maximum Gasteiger partial charge on any atom is 0.312 e. The number of halogens is 1. The molecule has 5 aromatic heterocycles. The number of hydrogen-bond acceptors (Lipinski definition) is 7. The van der Waals surface area contributed by atoms with Crippen molar-refractivity contribution in [2.45, 2.75) is 19.4 Å². The number of H-pyrrole nitrogens is 1. The van der Waals surface area contributed by atoms with Crippen molar-refractivity contribution in [3.8, 4) is 11.6 Å². The molecular formula is C22H17ClN8O2. The van der Waals surface area contributed by atoms with Crippen molar-refractivity contribution in [1.82, 2.24) is 39.7 Å². The Morgan fingerprint density at radius 1 is 1.24 bits per heavy atom. The quantitative estimate of drug-likeness (QED) is 0.439. The largest absolute Gasteiger partial charge is 0.411 e. The van der Waals surface area contributed by atoms with Crippen molar-refractivity contribution in [1.29, 1.82) is 0 Å². The van der Waals surface area contributed by atoms with Gasteiger partial charge in [0, 0.05) is 30.6 Å². The molecule has 0 radical (unpaired) electrons. The number of rotatable bonds is 3. The average molecular weight is 461 g/mol. The highest BCUT2D eigenvalue weighted by Gasteiger charge is 2.38. The lowest BCUT2D eigenvalue weighted by molar-refractivity contribution is 0.0646. The number of carbonyl (C=O) groups is 1. The molecule has 0 bridgehead atoms. The van der Waals surface area contributed by atoms with Gasteiger partial charge in [0.25, 0.3) is 5.89 Å². The average Bonchev–Trinajstić information content (AvgIpc) is 3.57. The van der Waals surface area contributed by atoms with E-state index in [4.69, 9.17) is 16.0 Å². The van der Waals surface area contributed by atoms with E-state index < -0.39 is 11.9 Å². The van der Waals surface area contributed by atoms with E-state index in [1.807, 2.05) is 37.4 Å². The molecule has 6 rings (SSSR count). The van der Waals surface area contributed by atoms with Crippen LogP contribution >= 0.6 is 11.6 Å². The van der Waals surface area contributed by atoms with Crippen molar-refractivity contribution < 1.29 is 9.21 Å². The summed E-state index contributed by atoms with van der Waals surface area (Å²) in [4.78, 5) is 27.2. The Kier molecular flexibility index (Phi) is 4.47. The molecule has 0 saturated carbocycles. The van der Waals surface area contributed by atoms with E-state index in [0.29, 0.717) is 29.4 Å². The smallest absolute Gasteiger partial charge is 0.312 e. The Labute approximate surface area is 192 Å². The molecule has 0 fully saturated rings. The molecule has 10 nitrogen and oxygen atoms in total. The lowest BCUT2D eigenvalue weighted by Crippen LogP contribution is -2.41. The third-order valence-corrected chi connectivity index (χ3v) is 5.97. The second kappa shape index (κ2) is 7.52. The second-order valence-corrected chi connectivity index (χ2v) is 8.16. The third kappa shape index (κ3) is 3.26. The number of carbonyl (C=O) groups excluding carboxylic acids is 1. The van der Waals surface area contributed by atoms with Gasteiger partial charge in [-0.3, -0.25) is 4.79 Å². The van der Waals surface area contributed by atoms with Crippen molar-refractivity contribution in [2.24, 2.45) is 0 Å². The number of nitrogens with zero attached hydrogens (tertiary/aromatic N) is 7. The van der Waals surface area contributed by atoms with E-state index in [0.717, 1.165) is 22.6 Å². The van der Waals surface area contributed by atoms with Crippen LogP contribution in [0.3, 0.4) is 0 Å². The van der Waals surface area contributed by atoms with Gasteiger partial charge in [-0.2, -0.15) is 5.10 Å². The molecule has 0 saturated heterocycles. The fourth-order valence-corrected chi connectivity index (χ4v) is 4.34. The molecule has 6 heterocycles. The van der Waals surface area contributed by atoms with E-state index in [1.165, 1.54) is 0 Å². The Hall–Kier alpha value is -4.05. The van der Waals surface area contributed by atoms with E-state index in [2.05, 4.69) is 30.2 Å². The number of nitrogens with one attached hydrogen (secondary N) is 1. The van der Waals surface area contributed by atoms with Gasteiger partial charge < -0.3 is 14.3 Å². The topological polar surface area (TPSA) is 118 Å². The minimum absolute atomic E-state index is 0.112. The molecular weight excluding hydrogens is 444 g/mol. The summed E-state index contributed by atoms with van der Waals surface area (Å²) in [6.07, 6.45) is 4.05. The SMILES string of the molecule is Cc1cccc(-c2nnc(C(=O)N3CCc4[nH]cnc4[C@@H]3c3cc4c(Cl)cccn4n3)o2)n1. The zero-order valence-corrected chi connectivity index (χ0v) is 18.2. The first kappa shape index (κ1) is 19.6. The molecule has 1 amide bonds. The lowest BCUT2D eigenvalue weighted by atomic mass is 9.99. The van der Waals surface area contributed by atoms with Crippen LogP contribution in [-0.4, -0.2) is 52.1 Å². The minimum Gasteiger partial charge on any atom is -0.411 e. The predicted molar refractivity (Wildman–Crippen MR) is 118 cm³/mol. The van der Waals surface area contributed by atoms with Crippen LogP contribution in [0.4, 0.5) is 0 Å². The molecule has 0 aliphatic carbocycles. The first-order valence-corrected chi connectivity index (χ1v) is 10.7. The Morgan fingerprint density at radius 2 is 2.15 bits per heavy atom. The highest BCUT2D eigenvalue weighted by Crippen LogP contribution is 2.35. The number of aryl methyl sites for hydroxylation is 1. The maximum absolute atomic E-state index is 13.5. The summed E-state index contributed by atoms with van der Waals surface area (Å²) in [5.74, 6) is -0.321. The van der Waals surface area contributed by atoms with Gasteiger partial charge in [0.05, 0.1) is 28.3 Å². The van der Waals surface area contributed by atoms with Gasteiger partial charge >= 0.3 is 11.8 Å². The molecule has 1 aliphatic heterocycles. The van der Waals surface area contributed by atoms with Crippen LogP contribution in [0.2, 0.25) is 5.02 Å². The molecule has 11 heteroatoms. The van der Waals surface area contributed by atoms with E-state index in [-0.39, 0.29) is 11.8 Å². The van der Waals surface area contributed by atoms with Gasteiger partial charge in [0.15, 0.2) is 0 Å². The number of imidazole rings is 1. The van der Waals surface area contributed by atoms with Crippen molar-refractivity contribution in [3.63, 3.8) is 0 Å². The molecule has 0 aromatic carbocycles. The first-order chi connectivity index (χ1) is 16.1. The van der Waals surface area contributed by atoms with E-state index >= 15 is 0 Å². The Morgan fingerprint density at radius 3 is 3.00 bits per heavy atom. The van der Waals surface area contributed by atoms with Crippen LogP contribution in [0.1, 0.15) is 39.5 Å². The molecule has 0 unspecified atom stereocenters. The summed E-state index contributed by atoms with van der Waals surface area (Å²) < 4.78 is 7.41. The summed E-state index contributed by atoms with van der Waals surface area (Å²) in [5.41, 5.74) is 4.41. The Bertz CT molecular complexity index is 1500. The summed E-state index contributed by atoms with van der Waals surface area (Å²) in [6, 6.07) is 10.4. The van der Waals surface area contributed by atoms with Crippen LogP contribution in [0.5, 0.6) is 0 Å². The monoisotopic (exact) mass is 460 g/mol. The molecule has 5 aromatic rings. The molecule has 164 valence electrons. The maximum atomic E-state index is 13.5. The van der Waals surface area contributed by atoms with Gasteiger partial charge in [0.1, 0.15) is 11.7 Å². The fraction of sp³-hybridized carbons (Fsp3) is 0.182. The number of aromatic nitrogens is 7. The number of pyridine rings is 2. The molecule has 1 N–H and O–H groups in total. The van der Waals surface area contributed by atoms with Crippen LogP contribution < -0.4 is 0 Å². The molecule has 1 aliphatic rings. The summed E-state index contributed by atoms with van der Waals surface area (Å²) in [6.45, 7) is 2.30. The molecule has 1 atom stereocenters. The highest BCUT2D eigenvalue weighted by atomic mass is 35.5. The van der Waals surface area contributed by atoms with Crippen molar-refractivity contribution in [2.75, 3.05) is 6.54 Å². The normalized spacial score (nSPS) is 15.7. The van der Waals surface area contributed by atoms with Crippen LogP contribution in [0, 0.1) is 6.92 Å². The van der Waals surface area contributed by atoms with Crippen LogP contribution in [0.25, 0.3) is 17.1 Å². The van der Waals surface area contributed by atoms with Gasteiger partial charge in [-0.15, -0.1) is 10.2 Å². The van der Waals surface area contributed by atoms with Crippen molar-refractivity contribution in [3.05, 3.63) is 82.6 Å².